The Morgan fingerprint density at radius 2 is 1.92 bits per heavy atom. The van der Waals surface area contributed by atoms with Gasteiger partial charge < -0.3 is 10.3 Å². The first kappa shape index (κ1) is 17.4. The molecule has 0 aliphatic heterocycles. The number of rotatable bonds is 7. The number of nitrogens with zero attached hydrogens (tertiary/aromatic N) is 3. The lowest BCUT2D eigenvalue weighted by Gasteiger charge is -2.12. The number of pyridine rings is 1. The quantitative estimate of drug-likeness (QED) is 0.483. The Balaban J connectivity index is 1.57. The average molecular weight is 367 g/mol. The van der Waals surface area contributed by atoms with E-state index in [1.54, 1.807) is 0 Å². The summed E-state index contributed by atoms with van der Waals surface area (Å²) in [5, 5.41) is 0. The maximum Gasteiger partial charge on any atom is 0.151 e. The number of thioether (sulfide) groups is 1. The molecule has 0 saturated heterocycles. The molecular formula is C21H26N4S. The summed E-state index contributed by atoms with van der Waals surface area (Å²) in [7, 11) is 0. The van der Waals surface area contributed by atoms with Crippen LogP contribution in [-0.4, -0.2) is 20.3 Å². The van der Waals surface area contributed by atoms with Gasteiger partial charge in [0.05, 0.1) is 5.52 Å². The summed E-state index contributed by atoms with van der Waals surface area (Å²) in [5.74, 6) is 3.66. The van der Waals surface area contributed by atoms with Crippen LogP contribution in [0.25, 0.3) is 11.0 Å². The van der Waals surface area contributed by atoms with Crippen LogP contribution in [-0.2, 0) is 13.0 Å². The second-order valence-electron chi connectivity index (χ2n) is 7.25. The van der Waals surface area contributed by atoms with Crippen LogP contribution in [0.3, 0.4) is 0 Å². The lowest BCUT2D eigenvalue weighted by atomic mass is 10.2. The molecule has 0 amide bonds. The fourth-order valence-electron chi connectivity index (χ4n) is 3.45. The van der Waals surface area contributed by atoms with Gasteiger partial charge >= 0.3 is 0 Å². The number of aryl methyl sites for hydroxylation is 3. The number of nitrogens with two attached hydrogens (primary N) is 1. The topological polar surface area (TPSA) is 56.7 Å². The van der Waals surface area contributed by atoms with Crippen LogP contribution in [0.4, 0.5) is 5.82 Å². The van der Waals surface area contributed by atoms with Crippen molar-refractivity contribution in [2.45, 2.75) is 51.0 Å². The van der Waals surface area contributed by atoms with E-state index in [0.29, 0.717) is 5.82 Å². The monoisotopic (exact) mass is 366 g/mol. The van der Waals surface area contributed by atoms with Gasteiger partial charge in [0.25, 0.3) is 0 Å². The maximum atomic E-state index is 6.19. The molecule has 4 rings (SSSR count). The van der Waals surface area contributed by atoms with Gasteiger partial charge in [-0.2, -0.15) is 0 Å². The number of benzene rings is 1. The van der Waals surface area contributed by atoms with Crippen molar-refractivity contribution in [3.05, 3.63) is 47.4 Å². The number of aromatic nitrogens is 3. The lowest BCUT2D eigenvalue weighted by Crippen LogP contribution is -2.07. The minimum atomic E-state index is 0.567. The molecule has 0 unspecified atom stereocenters. The van der Waals surface area contributed by atoms with E-state index in [9.17, 15) is 0 Å². The molecule has 0 bridgehead atoms. The summed E-state index contributed by atoms with van der Waals surface area (Å²) >= 11 is 1.92. The van der Waals surface area contributed by atoms with Gasteiger partial charge in [0.15, 0.2) is 5.82 Å². The third-order valence-corrected chi connectivity index (χ3v) is 6.28. The van der Waals surface area contributed by atoms with E-state index in [2.05, 4.69) is 46.8 Å². The van der Waals surface area contributed by atoms with Crippen LogP contribution in [0.1, 0.15) is 36.3 Å². The van der Waals surface area contributed by atoms with Crippen LogP contribution in [0.5, 0.6) is 0 Å². The van der Waals surface area contributed by atoms with E-state index < -0.39 is 0 Å². The van der Waals surface area contributed by atoms with Crippen molar-refractivity contribution in [1.29, 1.82) is 0 Å². The number of hydrogen-bond acceptors (Lipinski definition) is 4. The second-order valence-corrected chi connectivity index (χ2v) is 8.42. The summed E-state index contributed by atoms with van der Waals surface area (Å²) in [5.41, 5.74) is 10.5. The van der Waals surface area contributed by atoms with Gasteiger partial charge in [-0.1, -0.05) is 18.2 Å². The molecule has 2 aromatic heterocycles. The van der Waals surface area contributed by atoms with E-state index in [0.717, 1.165) is 42.3 Å². The molecule has 136 valence electrons. The smallest absolute Gasteiger partial charge is 0.151 e. The van der Waals surface area contributed by atoms with Gasteiger partial charge in [0.1, 0.15) is 11.3 Å². The van der Waals surface area contributed by atoms with Crippen molar-refractivity contribution in [2.75, 3.05) is 11.5 Å². The van der Waals surface area contributed by atoms with E-state index in [-0.39, 0.29) is 0 Å². The zero-order valence-corrected chi connectivity index (χ0v) is 16.4. The Morgan fingerprint density at radius 3 is 2.65 bits per heavy atom. The summed E-state index contributed by atoms with van der Waals surface area (Å²) in [6, 6.07) is 10.6. The van der Waals surface area contributed by atoms with Crippen LogP contribution < -0.4 is 5.73 Å². The highest BCUT2D eigenvalue weighted by atomic mass is 32.2. The zero-order chi connectivity index (χ0) is 18.1. The Bertz CT molecular complexity index is 913. The molecular weight excluding hydrogens is 340 g/mol. The summed E-state index contributed by atoms with van der Waals surface area (Å²) in [6.07, 6.45) is 4.85. The predicted octanol–water partition coefficient (Wildman–Crippen LogP) is 4.77. The second kappa shape index (κ2) is 7.31. The normalized spacial score (nSPS) is 14.2. The lowest BCUT2D eigenvalue weighted by molar-refractivity contribution is 0.634. The molecule has 2 heterocycles. The molecule has 26 heavy (non-hydrogen) atoms. The van der Waals surface area contributed by atoms with E-state index in [1.165, 1.54) is 34.6 Å². The van der Waals surface area contributed by atoms with Crippen LogP contribution >= 0.6 is 11.8 Å². The van der Waals surface area contributed by atoms with Crippen LogP contribution in [0.15, 0.2) is 35.2 Å². The zero-order valence-electron chi connectivity index (χ0n) is 15.5. The van der Waals surface area contributed by atoms with Crippen molar-refractivity contribution in [1.82, 2.24) is 14.5 Å². The molecule has 0 atom stereocenters. The van der Waals surface area contributed by atoms with Crippen molar-refractivity contribution >= 4 is 28.6 Å². The maximum absolute atomic E-state index is 6.19. The van der Waals surface area contributed by atoms with Gasteiger partial charge in [-0.25, -0.2) is 9.97 Å². The highest BCUT2D eigenvalue weighted by molar-refractivity contribution is 7.99. The third-order valence-electron chi connectivity index (χ3n) is 5.18. The number of hydrogen-bond donors (Lipinski definition) is 1. The van der Waals surface area contributed by atoms with Crippen molar-refractivity contribution in [3.8, 4) is 0 Å². The fourth-order valence-corrected chi connectivity index (χ4v) is 4.31. The number of anilines is 1. The Morgan fingerprint density at radius 1 is 1.15 bits per heavy atom. The minimum absolute atomic E-state index is 0.567. The van der Waals surface area contributed by atoms with Gasteiger partial charge in [0.2, 0.25) is 0 Å². The molecule has 2 N–H and O–H groups in total. The SMILES string of the molecule is Cc1nc(N)c2nc(CC3CC3)n(CCCSc3ccccc3)c2c1C. The molecule has 1 aliphatic rings. The number of nitrogen functional groups attached to an aromatic ring is 1. The first-order valence-electron chi connectivity index (χ1n) is 9.43. The van der Waals surface area contributed by atoms with E-state index in [4.69, 9.17) is 10.7 Å². The average Bonchev–Trinajstić information content (AvgIpc) is 3.38. The predicted molar refractivity (Wildman–Crippen MR) is 110 cm³/mol. The summed E-state index contributed by atoms with van der Waals surface area (Å²) in [4.78, 5) is 10.7. The summed E-state index contributed by atoms with van der Waals surface area (Å²) < 4.78 is 2.42. The van der Waals surface area contributed by atoms with Crippen molar-refractivity contribution in [3.63, 3.8) is 0 Å². The van der Waals surface area contributed by atoms with Gasteiger partial charge in [-0.05, 0) is 62.5 Å². The number of fused-ring (bicyclic) bond motifs is 1. The van der Waals surface area contributed by atoms with Gasteiger partial charge in [-0.3, -0.25) is 0 Å². The van der Waals surface area contributed by atoms with E-state index >= 15 is 0 Å². The number of imidazole rings is 1. The molecule has 0 spiro atoms. The Kier molecular flexibility index (Phi) is 4.90. The molecule has 1 aromatic carbocycles. The largest absolute Gasteiger partial charge is 0.382 e. The van der Waals surface area contributed by atoms with Crippen molar-refractivity contribution < 1.29 is 0 Å². The van der Waals surface area contributed by atoms with Gasteiger partial charge in [0, 0.05) is 23.6 Å². The standard InChI is InChI=1S/C21H26N4S/c1-14-15(2)23-21(22)19-20(14)25(18(24-19)13-16-9-10-16)11-6-12-26-17-7-4-3-5-8-17/h3-5,7-8,16H,6,9-13H2,1-2H3,(H2,22,23). The van der Waals surface area contributed by atoms with E-state index in [1.807, 2.05) is 18.7 Å². The van der Waals surface area contributed by atoms with Crippen LogP contribution in [0, 0.1) is 19.8 Å². The summed E-state index contributed by atoms with van der Waals surface area (Å²) in [6.45, 7) is 5.17. The molecule has 1 fully saturated rings. The highest BCUT2D eigenvalue weighted by Gasteiger charge is 2.26. The molecule has 1 aliphatic carbocycles. The van der Waals surface area contributed by atoms with Crippen LogP contribution in [0.2, 0.25) is 0 Å². The fraction of sp³-hybridized carbons (Fsp3) is 0.429. The first-order chi connectivity index (χ1) is 12.6. The minimum Gasteiger partial charge on any atom is -0.382 e. The highest BCUT2D eigenvalue weighted by Crippen LogP contribution is 2.35. The molecule has 0 radical (unpaired) electrons. The van der Waals surface area contributed by atoms with Crippen molar-refractivity contribution in [2.24, 2.45) is 5.92 Å². The Labute approximate surface area is 159 Å². The molecule has 4 nitrogen and oxygen atoms in total. The van der Waals surface area contributed by atoms with Gasteiger partial charge in [-0.15, -0.1) is 11.8 Å². The third kappa shape index (κ3) is 3.58. The molecule has 5 heteroatoms. The Hall–Kier alpha value is -2.01. The molecule has 1 saturated carbocycles. The molecule has 3 aromatic rings. The first-order valence-corrected chi connectivity index (χ1v) is 10.4.